The van der Waals surface area contributed by atoms with E-state index in [1.807, 2.05) is 24.3 Å². The maximum Gasteiger partial charge on any atom is 0.346 e. The Kier molecular flexibility index (Phi) is 4.85. The molecule has 0 aliphatic carbocycles. The second-order valence-corrected chi connectivity index (χ2v) is 6.89. The first-order valence-corrected chi connectivity index (χ1v) is 8.05. The molecule has 0 spiro atoms. The highest BCUT2D eigenvalue weighted by Crippen LogP contribution is 2.34. The number of hydrogen-bond donors (Lipinski definition) is 2. The van der Waals surface area contributed by atoms with Gasteiger partial charge >= 0.3 is 5.97 Å². The van der Waals surface area contributed by atoms with Gasteiger partial charge in [-0.3, -0.25) is 0 Å². The van der Waals surface area contributed by atoms with Gasteiger partial charge in [-0.25, -0.2) is 4.79 Å². The van der Waals surface area contributed by atoms with Gasteiger partial charge < -0.3 is 10.8 Å². The summed E-state index contributed by atoms with van der Waals surface area (Å²) in [7, 11) is 0. The summed E-state index contributed by atoms with van der Waals surface area (Å²) >= 11 is 3.13. The van der Waals surface area contributed by atoms with Crippen LogP contribution in [-0.4, -0.2) is 22.9 Å². The third kappa shape index (κ3) is 3.29. The molecular weight excluding hydrogens is 278 g/mol. The maximum atomic E-state index is 11.3. The average molecular weight is 295 g/mol. The molecule has 1 unspecified atom stereocenters. The van der Waals surface area contributed by atoms with Crippen molar-refractivity contribution in [2.75, 3.05) is 6.54 Å². The number of thiophene rings is 1. The largest absolute Gasteiger partial charge is 0.477 e. The summed E-state index contributed by atoms with van der Waals surface area (Å²) in [5, 5.41) is 10.8. The monoisotopic (exact) mass is 295 g/mol. The third-order valence-corrected chi connectivity index (χ3v) is 5.44. The standard InChI is InChI=1S/C14H17NO2S2/c1-9(6-7-15)18-8-11-10-4-2-3-5-12(10)19-13(11)14(16)17/h2-5,9H,6-8,15H2,1H3,(H,16,17). The number of carboxylic acid groups (broad SMARTS) is 1. The molecule has 3 N–H and O–H groups in total. The van der Waals surface area contributed by atoms with E-state index in [0.717, 1.165) is 27.8 Å². The summed E-state index contributed by atoms with van der Waals surface area (Å²) in [5.41, 5.74) is 6.49. The zero-order valence-corrected chi connectivity index (χ0v) is 12.4. The van der Waals surface area contributed by atoms with Gasteiger partial charge in [0, 0.05) is 15.7 Å². The fourth-order valence-corrected chi connectivity index (χ4v) is 4.16. The van der Waals surface area contributed by atoms with Crippen molar-refractivity contribution in [2.24, 2.45) is 5.73 Å². The predicted molar refractivity (Wildman–Crippen MR) is 83.2 cm³/mol. The zero-order chi connectivity index (χ0) is 13.8. The maximum absolute atomic E-state index is 11.3. The minimum Gasteiger partial charge on any atom is -0.477 e. The van der Waals surface area contributed by atoms with Crippen LogP contribution < -0.4 is 5.73 Å². The number of benzene rings is 1. The van der Waals surface area contributed by atoms with Crippen molar-refractivity contribution in [2.45, 2.75) is 24.3 Å². The lowest BCUT2D eigenvalue weighted by molar-refractivity contribution is 0.0701. The first-order chi connectivity index (χ1) is 9.13. The number of nitrogens with two attached hydrogens (primary N) is 1. The molecule has 3 nitrogen and oxygen atoms in total. The number of rotatable bonds is 6. The van der Waals surface area contributed by atoms with Gasteiger partial charge in [0.2, 0.25) is 0 Å². The van der Waals surface area contributed by atoms with E-state index in [0.29, 0.717) is 16.7 Å². The summed E-state index contributed by atoms with van der Waals surface area (Å²) in [6, 6.07) is 7.88. The normalized spacial score (nSPS) is 12.7. The van der Waals surface area contributed by atoms with Crippen molar-refractivity contribution >= 4 is 39.2 Å². The van der Waals surface area contributed by atoms with E-state index < -0.39 is 5.97 Å². The molecule has 0 bridgehead atoms. The predicted octanol–water partition coefficient (Wildman–Crippen LogP) is 3.57. The minimum absolute atomic E-state index is 0.449. The molecule has 1 aromatic carbocycles. The lowest BCUT2D eigenvalue weighted by Crippen LogP contribution is -2.07. The molecule has 0 saturated carbocycles. The molecule has 5 heteroatoms. The highest BCUT2D eigenvalue weighted by molar-refractivity contribution is 7.99. The Morgan fingerprint density at radius 3 is 2.89 bits per heavy atom. The first kappa shape index (κ1) is 14.4. The van der Waals surface area contributed by atoms with Gasteiger partial charge in [-0.1, -0.05) is 25.1 Å². The molecule has 0 radical (unpaired) electrons. The van der Waals surface area contributed by atoms with E-state index in [2.05, 4.69) is 6.92 Å². The third-order valence-electron chi connectivity index (χ3n) is 2.98. The van der Waals surface area contributed by atoms with E-state index in [1.54, 1.807) is 11.8 Å². The van der Waals surface area contributed by atoms with E-state index in [9.17, 15) is 9.90 Å². The Labute approximate surface area is 120 Å². The van der Waals surface area contributed by atoms with Gasteiger partial charge in [0.1, 0.15) is 4.88 Å². The smallest absolute Gasteiger partial charge is 0.346 e. The van der Waals surface area contributed by atoms with Crippen LogP contribution in [0.25, 0.3) is 10.1 Å². The van der Waals surface area contributed by atoms with Gasteiger partial charge in [0.25, 0.3) is 0 Å². The molecule has 102 valence electrons. The van der Waals surface area contributed by atoms with Crippen LogP contribution in [0.4, 0.5) is 0 Å². The Bertz CT molecular complexity index is 580. The van der Waals surface area contributed by atoms with Gasteiger partial charge in [0.05, 0.1) is 0 Å². The average Bonchev–Trinajstić information content (AvgIpc) is 2.75. The fraction of sp³-hybridized carbons (Fsp3) is 0.357. The molecule has 1 heterocycles. The van der Waals surface area contributed by atoms with Crippen LogP contribution in [-0.2, 0) is 5.75 Å². The van der Waals surface area contributed by atoms with E-state index in [1.165, 1.54) is 11.3 Å². The molecule has 2 rings (SSSR count). The van der Waals surface area contributed by atoms with Crippen LogP contribution in [0.15, 0.2) is 24.3 Å². The van der Waals surface area contributed by atoms with Crippen molar-refractivity contribution in [3.8, 4) is 0 Å². The van der Waals surface area contributed by atoms with E-state index >= 15 is 0 Å². The summed E-state index contributed by atoms with van der Waals surface area (Å²) < 4.78 is 1.04. The number of carboxylic acids is 1. The Hall–Kier alpha value is -1.04. The summed E-state index contributed by atoms with van der Waals surface area (Å²) in [5.74, 6) is -0.101. The highest BCUT2D eigenvalue weighted by Gasteiger charge is 2.18. The van der Waals surface area contributed by atoms with Gasteiger partial charge in [-0.2, -0.15) is 11.8 Å². The Balaban J connectivity index is 2.29. The molecule has 0 aliphatic heterocycles. The molecule has 1 atom stereocenters. The summed E-state index contributed by atoms with van der Waals surface area (Å²) in [4.78, 5) is 11.8. The van der Waals surface area contributed by atoms with Crippen molar-refractivity contribution in [3.05, 3.63) is 34.7 Å². The van der Waals surface area contributed by atoms with E-state index in [-0.39, 0.29) is 0 Å². The Morgan fingerprint density at radius 2 is 2.21 bits per heavy atom. The first-order valence-electron chi connectivity index (χ1n) is 6.19. The lowest BCUT2D eigenvalue weighted by atomic mass is 10.1. The van der Waals surface area contributed by atoms with E-state index in [4.69, 9.17) is 5.73 Å². The molecule has 1 aromatic heterocycles. The topological polar surface area (TPSA) is 63.3 Å². The van der Waals surface area contributed by atoms with Gasteiger partial charge in [0.15, 0.2) is 0 Å². The molecule has 19 heavy (non-hydrogen) atoms. The van der Waals surface area contributed by atoms with Gasteiger partial charge in [-0.05, 0) is 30.0 Å². The Morgan fingerprint density at radius 1 is 1.47 bits per heavy atom. The van der Waals surface area contributed by atoms with Crippen LogP contribution in [0.5, 0.6) is 0 Å². The van der Waals surface area contributed by atoms with Crippen LogP contribution in [0.1, 0.15) is 28.6 Å². The summed E-state index contributed by atoms with van der Waals surface area (Å²) in [6.07, 6.45) is 0.954. The van der Waals surface area contributed by atoms with Crippen molar-refractivity contribution in [1.29, 1.82) is 0 Å². The zero-order valence-electron chi connectivity index (χ0n) is 10.8. The summed E-state index contributed by atoms with van der Waals surface area (Å²) in [6.45, 7) is 2.80. The second kappa shape index (κ2) is 6.41. The quantitative estimate of drug-likeness (QED) is 0.855. The van der Waals surface area contributed by atoms with Gasteiger partial charge in [-0.15, -0.1) is 11.3 Å². The van der Waals surface area contributed by atoms with Crippen molar-refractivity contribution in [3.63, 3.8) is 0 Å². The van der Waals surface area contributed by atoms with Crippen LogP contribution in [0.2, 0.25) is 0 Å². The molecule has 0 fully saturated rings. The van der Waals surface area contributed by atoms with Crippen molar-refractivity contribution in [1.82, 2.24) is 0 Å². The molecular formula is C14H17NO2S2. The van der Waals surface area contributed by atoms with Crippen LogP contribution in [0, 0.1) is 0 Å². The second-order valence-electron chi connectivity index (χ2n) is 4.41. The molecule has 0 saturated heterocycles. The number of thioether (sulfide) groups is 1. The number of aromatic carboxylic acids is 1. The van der Waals surface area contributed by atoms with Crippen molar-refractivity contribution < 1.29 is 9.90 Å². The minimum atomic E-state index is -0.830. The van der Waals surface area contributed by atoms with Crippen LogP contribution >= 0.6 is 23.1 Å². The SMILES string of the molecule is CC(CCN)SCc1c(C(=O)O)sc2ccccc12. The highest BCUT2D eigenvalue weighted by atomic mass is 32.2. The number of hydrogen-bond acceptors (Lipinski definition) is 4. The fourth-order valence-electron chi connectivity index (χ4n) is 1.96. The number of fused-ring (bicyclic) bond motifs is 1. The molecule has 0 aliphatic rings. The molecule has 0 amide bonds. The van der Waals surface area contributed by atoms with Crippen LogP contribution in [0.3, 0.4) is 0 Å². The number of carbonyl (C=O) groups is 1. The molecule has 2 aromatic rings. The lowest BCUT2D eigenvalue weighted by Gasteiger charge is -2.09.